The molecule has 0 aromatic heterocycles. The van der Waals surface area contributed by atoms with Gasteiger partial charge in [0, 0.05) is 0 Å². The minimum atomic E-state index is -0.459. The quantitative estimate of drug-likeness (QED) is 0.553. The Labute approximate surface area is 55.9 Å². The van der Waals surface area contributed by atoms with Gasteiger partial charge in [0.05, 0.1) is 0 Å². The summed E-state index contributed by atoms with van der Waals surface area (Å²) >= 11 is 0.531. The number of hydrogen-bond acceptors (Lipinski definition) is 0. The van der Waals surface area contributed by atoms with Crippen molar-refractivity contribution in [2.45, 2.75) is 30.0 Å². The van der Waals surface area contributed by atoms with Gasteiger partial charge in [0.15, 0.2) is 0 Å². The van der Waals surface area contributed by atoms with Gasteiger partial charge in [-0.25, -0.2) is 0 Å². The molecule has 0 aromatic rings. The Bertz CT molecular complexity index is 84.3. The van der Waals surface area contributed by atoms with E-state index < -0.39 is 5.62 Å². The van der Waals surface area contributed by atoms with Gasteiger partial charge in [-0.2, -0.15) is 0 Å². The van der Waals surface area contributed by atoms with Gasteiger partial charge in [-0.1, -0.05) is 0 Å². The van der Waals surface area contributed by atoms with E-state index >= 15 is 0 Å². The summed E-state index contributed by atoms with van der Waals surface area (Å²) in [5.41, 5.74) is -0.459. The third-order valence-corrected chi connectivity index (χ3v) is 21.5. The SMILES string of the molecule is CC1(C)[Te][Si]1(C)C. The molecule has 1 fully saturated rings. The van der Waals surface area contributed by atoms with Gasteiger partial charge in [0.25, 0.3) is 0 Å². The summed E-state index contributed by atoms with van der Waals surface area (Å²) in [5, 5.41) is 0. The van der Waals surface area contributed by atoms with Gasteiger partial charge in [-0.05, 0) is 0 Å². The van der Waals surface area contributed by atoms with Crippen LogP contribution in [0.1, 0.15) is 13.8 Å². The molecule has 0 nitrogen and oxygen atoms in total. The van der Waals surface area contributed by atoms with Crippen LogP contribution < -0.4 is 0 Å². The van der Waals surface area contributed by atoms with Crippen molar-refractivity contribution in [3.8, 4) is 0 Å². The molecule has 42 valence electrons. The molecule has 1 heterocycles. The fourth-order valence-corrected chi connectivity index (χ4v) is 16.4. The summed E-state index contributed by atoms with van der Waals surface area (Å²) in [5.74, 6) is 0. The van der Waals surface area contributed by atoms with E-state index in [1.807, 2.05) is 0 Å². The first-order valence-electron chi connectivity index (χ1n) is 2.66. The van der Waals surface area contributed by atoms with Crippen molar-refractivity contribution in [3.63, 3.8) is 0 Å². The summed E-state index contributed by atoms with van der Waals surface area (Å²) in [7, 11) is 0. The van der Waals surface area contributed by atoms with Gasteiger partial charge >= 0.3 is 55.8 Å². The van der Waals surface area contributed by atoms with E-state index in [0.717, 1.165) is 3.09 Å². The standard InChI is InChI=1S/C5H12SiTe/c1-5(2)6(3,4)7-5/h1-4H3. The molecule has 0 radical (unpaired) electrons. The maximum absolute atomic E-state index is 2.52. The van der Waals surface area contributed by atoms with Crippen LogP contribution in [-0.2, 0) is 0 Å². The van der Waals surface area contributed by atoms with E-state index in [2.05, 4.69) is 26.9 Å². The molecule has 1 saturated heterocycles. The van der Waals surface area contributed by atoms with Crippen molar-refractivity contribution in [2.75, 3.05) is 0 Å². The average molecular weight is 228 g/mol. The average Bonchev–Trinajstić information content (AvgIpc) is 1.63. The summed E-state index contributed by atoms with van der Waals surface area (Å²) in [4.78, 5) is 0. The first kappa shape index (κ1) is 6.13. The Morgan fingerprint density at radius 1 is 1.29 bits per heavy atom. The molecule has 1 aliphatic heterocycles. The van der Waals surface area contributed by atoms with Gasteiger partial charge in [0.2, 0.25) is 0 Å². The molecule has 0 aromatic carbocycles. The second kappa shape index (κ2) is 1.29. The zero-order chi connectivity index (χ0) is 5.71. The monoisotopic (exact) mass is 230 g/mol. The Kier molecular flexibility index (Phi) is 1.13. The molecule has 0 aliphatic carbocycles. The number of rotatable bonds is 0. The van der Waals surface area contributed by atoms with Crippen LogP contribution in [0.5, 0.6) is 0 Å². The van der Waals surface area contributed by atoms with Crippen molar-refractivity contribution < 1.29 is 0 Å². The molecule has 7 heavy (non-hydrogen) atoms. The van der Waals surface area contributed by atoms with Crippen molar-refractivity contribution in [3.05, 3.63) is 0 Å². The van der Waals surface area contributed by atoms with Crippen molar-refractivity contribution in [1.29, 1.82) is 0 Å². The summed E-state index contributed by atoms with van der Waals surface area (Å²) in [6.45, 7) is 9.94. The molecular weight excluding hydrogens is 216 g/mol. The zero-order valence-corrected chi connectivity index (χ0v) is 8.74. The minimum absolute atomic E-state index is 0.459. The molecular formula is C5H12SiTe. The first-order valence-corrected chi connectivity index (χ1v) is 10.2. The Morgan fingerprint density at radius 2 is 1.43 bits per heavy atom. The van der Waals surface area contributed by atoms with Crippen LogP contribution in [0.25, 0.3) is 0 Å². The van der Waals surface area contributed by atoms with Crippen LogP contribution in [0, 0.1) is 0 Å². The Hall–Kier alpha value is 1.01. The van der Waals surface area contributed by atoms with E-state index in [4.69, 9.17) is 0 Å². The molecule has 2 heteroatoms. The predicted molar refractivity (Wildman–Crippen MR) is 37.3 cm³/mol. The molecule has 0 spiro atoms. The van der Waals surface area contributed by atoms with Crippen molar-refractivity contribution >= 4 is 25.8 Å². The van der Waals surface area contributed by atoms with Crippen LogP contribution in [0.2, 0.25) is 16.2 Å². The van der Waals surface area contributed by atoms with Gasteiger partial charge < -0.3 is 0 Å². The fourth-order valence-electron chi connectivity index (χ4n) is 0.612. The molecule has 0 bridgehead atoms. The second-order valence-electron chi connectivity index (χ2n) is 3.12. The van der Waals surface area contributed by atoms with Crippen LogP contribution in [0.3, 0.4) is 0 Å². The predicted octanol–water partition coefficient (Wildman–Crippen LogP) is 1.65. The van der Waals surface area contributed by atoms with Gasteiger partial charge in [-0.15, -0.1) is 0 Å². The van der Waals surface area contributed by atoms with Gasteiger partial charge in [-0.3, -0.25) is 0 Å². The Balaban J connectivity index is 2.59. The van der Waals surface area contributed by atoms with E-state index in [-0.39, 0.29) is 0 Å². The zero-order valence-electron chi connectivity index (χ0n) is 5.41. The molecule has 1 rings (SSSR count). The van der Waals surface area contributed by atoms with Crippen LogP contribution >= 0.6 is 0 Å². The molecule has 0 saturated carbocycles. The third kappa shape index (κ3) is 0.895. The van der Waals surface area contributed by atoms with E-state index in [1.54, 1.807) is 0 Å². The van der Waals surface area contributed by atoms with Crippen LogP contribution in [-0.4, -0.2) is 25.8 Å². The second-order valence-corrected chi connectivity index (χ2v) is 22.1. The maximum atomic E-state index is 2.52. The van der Waals surface area contributed by atoms with E-state index in [1.165, 1.54) is 0 Å². The normalized spacial score (nSPS) is 32.6. The Morgan fingerprint density at radius 3 is 1.43 bits per heavy atom. The third-order valence-electron chi connectivity index (χ3n) is 1.92. The fraction of sp³-hybridized carbons (Fsp3) is 1.00. The van der Waals surface area contributed by atoms with Crippen molar-refractivity contribution in [1.82, 2.24) is 0 Å². The summed E-state index contributed by atoms with van der Waals surface area (Å²) < 4.78 is 0.915. The van der Waals surface area contributed by atoms with E-state index in [0.29, 0.717) is 20.1 Å². The number of hydrogen-bond donors (Lipinski definition) is 0. The van der Waals surface area contributed by atoms with Crippen molar-refractivity contribution in [2.24, 2.45) is 0 Å². The molecule has 0 atom stereocenters. The van der Waals surface area contributed by atoms with E-state index in [9.17, 15) is 0 Å². The topological polar surface area (TPSA) is 0 Å². The molecule has 0 unspecified atom stereocenters. The molecule has 0 amide bonds. The molecule has 0 N–H and O–H groups in total. The van der Waals surface area contributed by atoms with Crippen LogP contribution in [0.15, 0.2) is 0 Å². The first-order chi connectivity index (χ1) is 2.96. The van der Waals surface area contributed by atoms with Crippen LogP contribution in [0.4, 0.5) is 0 Å². The summed E-state index contributed by atoms with van der Waals surface area (Å²) in [6, 6.07) is 0. The summed E-state index contributed by atoms with van der Waals surface area (Å²) in [6.07, 6.45) is 0. The molecule has 1 aliphatic rings. The van der Waals surface area contributed by atoms with Gasteiger partial charge in [0.1, 0.15) is 0 Å².